The average Bonchev–Trinajstić information content (AvgIpc) is 2.75. The fraction of sp³-hybridized carbons (Fsp3) is 0.0870. The van der Waals surface area contributed by atoms with Crippen molar-refractivity contribution in [1.82, 2.24) is 0 Å². The summed E-state index contributed by atoms with van der Waals surface area (Å²) >= 11 is 6.29. The second-order valence-electron chi connectivity index (χ2n) is 6.83. The van der Waals surface area contributed by atoms with Gasteiger partial charge in [-0.1, -0.05) is 48.0 Å². The molecular formula is C23H12ClF3O4. The van der Waals surface area contributed by atoms with Gasteiger partial charge >= 0.3 is 12.1 Å². The zero-order valence-corrected chi connectivity index (χ0v) is 16.4. The molecular weight excluding hydrogens is 433 g/mol. The van der Waals surface area contributed by atoms with Crippen molar-refractivity contribution in [2.75, 3.05) is 0 Å². The Bertz CT molecular complexity index is 1250. The van der Waals surface area contributed by atoms with Crippen molar-refractivity contribution < 1.29 is 32.3 Å². The highest BCUT2D eigenvalue weighted by Gasteiger charge is 2.33. The van der Waals surface area contributed by atoms with E-state index in [-0.39, 0.29) is 38.4 Å². The molecule has 4 rings (SSSR count). The predicted octanol–water partition coefficient (Wildman–Crippen LogP) is 5.49. The van der Waals surface area contributed by atoms with Crippen molar-refractivity contribution >= 4 is 29.1 Å². The third-order valence-corrected chi connectivity index (χ3v) is 5.27. The highest BCUT2D eigenvalue weighted by molar-refractivity contribution is 6.41. The summed E-state index contributed by atoms with van der Waals surface area (Å²) in [7, 11) is 0. The van der Waals surface area contributed by atoms with E-state index in [0.717, 1.165) is 12.1 Å². The summed E-state index contributed by atoms with van der Waals surface area (Å²) in [5.41, 5.74) is -0.490. The van der Waals surface area contributed by atoms with Gasteiger partial charge in [-0.3, -0.25) is 9.59 Å². The summed E-state index contributed by atoms with van der Waals surface area (Å²) in [6.07, 6.45) is -4.52. The predicted molar refractivity (Wildman–Crippen MR) is 105 cm³/mol. The van der Waals surface area contributed by atoms with Crippen LogP contribution < -0.4 is 0 Å². The molecule has 0 aliphatic heterocycles. The third-order valence-electron chi connectivity index (χ3n) is 4.87. The SMILES string of the molecule is O=C(OCc1cccc(C(F)(F)F)c1)c1ccc2c(c1Cl)C(=O)c1ccccc1C2=O. The number of fused-ring (bicyclic) bond motifs is 2. The zero-order valence-electron chi connectivity index (χ0n) is 15.6. The largest absolute Gasteiger partial charge is 0.457 e. The number of benzene rings is 3. The maximum Gasteiger partial charge on any atom is 0.416 e. The second-order valence-corrected chi connectivity index (χ2v) is 7.21. The van der Waals surface area contributed by atoms with Crippen LogP contribution in [0.15, 0.2) is 60.7 Å². The van der Waals surface area contributed by atoms with Gasteiger partial charge in [-0.2, -0.15) is 13.2 Å². The zero-order chi connectivity index (χ0) is 22.3. The number of ketones is 2. The number of carbonyl (C=O) groups excluding carboxylic acids is 3. The maximum absolute atomic E-state index is 12.9. The van der Waals surface area contributed by atoms with E-state index in [4.69, 9.17) is 16.3 Å². The fourth-order valence-corrected chi connectivity index (χ4v) is 3.70. The van der Waals surface area contributed by atoms with Gasteiger partial charge in [0.2, 0.25) is 0 Å². The van der Waals surface area contributed by atoms with Crippen molar-refractivity contribution in [3.8, 4) is 0 Å². The number of esters is 1. The van der Waals surface area contributed by atoms with E-state index < -0.39 is 35.9 Å². The van der Waals surface area contributed by atoms with Gasteiger partial charge in [0.15, 0.2) is 11.6 Å². The summed E-state index contributed by atoms with van der Waals surface area (Å²) in [6.45, 7) is -0.425. The van der Waals surface area contributed by atoms with Crippen LogP contribution >= 0.6 is 11.6 Å². The molecule has 0 radical (unpaired) electrons. The Labute approximate surface area is 179 Å². The first kappa shape index (κ1) is 20.8. The number of hydrogen-bond donors (Lipinski definition) is 0. The average molecular weight is 445 g/mol. The lowest BCUT2D eigenvalue weighted by Crippen LogP contribution is -2.22. The van der Waals surface area contributed by atoms with Crippen molar-refractivity contribution in [3.05, 3.63) is 105 Å². The standard InChI is InChI=1S/C23H12ClF3O4/c24-19-17(22(30)31-11-12-4-3-5-13(10-12)23(25,26)27)9-8-16-18(19)21(29)15-7-2-1-6-14(15)20(16)28/h1-10H,11H2. The highest BCUT2D eigenvalue weighted by atomic mass is 35.5. The first-order valence-electron chi connectivity index (χ1n) is 9.02. The van der Waals surface area contributed by atoms with Crippen LogP contribution in [-0.2, 0) is 17.5 Å². The third kappa shape index (κ3) is 3.72. The summed E-state index contributed by atoms with van der Waals surface area (Å²) in [5, 5.41) is -0.237. The van der Waals surface area contributed by atoms with E-state index in [0.29, 0.717) is 0 Å². The van der Waals surface area contributed by atoms with Crippen molar-refractivity contribution in [3.63, 3.8) is 0 Å². The first-order chi connectivity index (χ1) is 14.7. The van der Waals surface area contributed by atoms with Crippen LogP contribution in [0.3, 0.4) is 0 Å². The molecule has 0 saturated carbocycles. The Balaban J connectivity index is 1.61. The van der Waals surface area contributed by atoms with Crippen molar-refractivity contribution in [1.29, 1.82) is 0 Å². The Morgan fingerprint density at radius 1 is 0.871 bits per heavy atom. The molecule has 0 bridgehead atoms. The highest BCUT2D eigenvalue weighted by Crippen LogP contribution is 2.34. The lowest BCUT2D eigenvalue weighted by molar-refractivity contribution is -0.137. The Morgan fingerprint density at radius 2 is 1.55 bits per heavy atom. The second kappa shape index (κ2) is 7.67. The van der Waals surface area contributed by atoms with E-state index in [9.17, 15) is 27.6 Å². The lowest BCUT2D eigenvalue weighted by Gasteiger charge is -2.19. The first-order valence-corrected chi connectivity index (χ1v) is 9.40. The van der Waals surface area contributed by atoms with Gasteiger partial charge in [0.1, 0.15) is 6.61 Å². The molecule has 0 heterocycles. The van der Waals surface area contributed by atoms with Gasteiger partial charge in [-0.25, -0.2) is 4.79 Å². The molecule has 156 valence electrons. The molecule has 0 fully saturated rings. The molecule has 3 aromatic rings. The van der Waals surface area contributed by atoms with Gasteiger partial charge in [0, 0.05) is 16.7 Å². The lowest BCUT2D eigenvalue weighted by atomic mass is 9.83. The molecule has 0 N–H and O–H groups in total. The van der Waals surface area contributed by atoms with Crippen LogP contribution in [0.1, 0.15) is 53.3 Å². The van der Waals surface area contributed by atoms with Gasteiger partial charge in [-0.15, -0.1) is 0 Å². The molecule has 1 aliphatic carbocycles. The molecule has 8 heteroatoms. The van der Waals surface area contributed by atoms with Crippen LogP contribution in [0, 0.1) is 0 Å². The topological polar surface area (TPSA) is 60.4 Å². The van der Waals surface area contributed by atoms with Gasteiger partial charge in [0.25, 0.3) is 0 Å². The molecule has 31 heavy (non-hydrogen) atoms. The Hall–Kier alpha value is -3.45. The minimum absolute atomic E-state index is 0.0723. The van der Waals surface area contributed by atoms with Gasteiger partial charge in [-0.05, 0) is 29.8 Å². The molecule has 0 saturated heterocycles. The van der Waals surface area contributed by atoms with E-state index in [1.165, 1.54) is 36.4 Å². The minimum Gasteiger partial charge on any atom is -0.457 e. The molecule has 0 aromatic heterocycles. The Morgan fingerprint density at radius 3 is 2.23 bits per heavy atom. The summed E-state index contributed by atoms with van der Waals surface area (Å²) in [5.74, 6) is -1.82. The molecule has 0 atom stereocenters. The number of rotatable bonds is 3. The van der Waals surface area contributed by atoms with E-state index in [1.54, 1.807) is 12.1 Å². The monoisotopic (exact) mass is 444 g/mol. The molecule has 0 amide bonds. The quantitative estimate of drug-likeness (QED) is 0.392. The number of alkyl halides is 3. The Kier molecular flexibility index (Phi) is 5.15. The van der Waals surface area contributed by atoms with Gasteiger partial charge in [0.05, 0.1) is 21.7 Å². The normalized spacial score (nSPS) is 12.9. The molecule has 0 unspecified atom stereocenters. The summed E-state index contributed by atoms with van der Waals surface area (Å²) < 4.78 is 43.6. The van der Waals surface area contributed by atoms with Crippen LogP contribution in [0.4, 0.5) is 13.2 Å². The van der Waals surface area contributed by atoms with Crippen LogP contribution in [-0.4, -0.2) is 17.5 Å². The van der Waals surface area contributed by atoms with Crippen LogP contribution in [0.2, 0.25) is 5.02 Å². The van der Waals surface area contributed by atoms with E-state index in [2.05, 4.69) is 0 Å². The molecule has 4 nitrogen and oxygen atoms in total. The van der Waals surface area contributed by atoms with Gasteiger partial charge < -0.3 is 4.74 Å². The van der Waals surface area contributed by atoms with Crippen molar-refractivity contribution in [2.24, 2.45) is 0 Å². The van der Waals surface area contributed by atoms with Crippen LogP contribution in [0.5, 0.6) is 0 Å². The molecule has 0 spiro atoms. The van der Waals surface area contributed by atoms with Crippen LogP contribution in [0.25, 0.3) is 0 Å². The smallest absolute Gasteiger partial charge is 0.416 e. The van der Waals surface area contributed by atoms with E-state index >= 15 is 0 Å². The number of halogens is 4. The van der Waals surface area contributed by atoms with E-state index in [1.807, 2.05) is 0 Å². The van der Waals surface area contributed by atoms with Crippen molar-refractivity contribution in [2.45, 2.75) is 12.8 Å². The number of ether oxygens (including phenoxy) is 1. The number of carbonyl (C=O) groups is 3. The minimum atomic E-state index is -4.52. The number of hydrogen-bond acceptors (Lipinski definition) is 4. The summed E-state index contributed by atoms with van der Waals surface area (Å²) in [6, 6.07) is 13.2. The molecule has 3 aromatic carbocycles. The maximum atomic E-state index is 12.9. The fourth-order valence-electron chi connectivity index (χ4n) is 3.37. The molecule has 1 aliphatic rings. The summed E-state index contributed by atoms with van der Waals surface area (Å²) in [4.78, 5) is 38.1.